The van der Waals surface area contributed by atoms with Crippen LogP contribution in [0.15, 0.2) is 37.1 Å². The molecule has 0 aromatic carbocycles. The van der Waals surface area contributed by atoms with Crippen molar-refractivity contribution in [3.8, 4) is 11.3 Å². The summed E-state index contributed by atoms with van der Waals surface area (Å²) in [5, 5.41) is 8.74. The molecule has 0 bridgehead atoms. The van der Waals surface area contributed by atoms with E-state index in [1.54, 1.807) is 12.4 Å². The zero-order valence-corrected chi connectivity index (χ0v) is 10.8. The monoisotopic (exact) mass is 253 g/mol. The molecule has 0 unspecified atom stereocenters. The second kappa shape index (κ2) is 3.91. The van der Waals surface area contributed by atoms with E-state index in [9.17, 15) is 0 Å². The molecule has 0 spiro atoms. The number of aromatic nitrogens is 5. The van der Waals surface area contributed by atoms with Gasteiger partial charge in [-0.05, 0) is 24.8 Å². The van der Waals surface area contributed by atoms with Gasteiger partial charge in [0.1, 0.15) is 0 Å². The van der Waals surface area contributed by atoms with Crippen LogP contribution in [-0.4, -0.2) is 24.4 Å². The molecule has 1 fully saturated rings. The standard InChI is InChI=1S/C14H15N5/c1-10-2-3-12(10)19-9-11(8-17-19)14-13-4-5-16-18(13)7-6-15-14/h4-10,12H,2-3H2,1H3/t10-,12+/m0/s1. The summed E-state index contributed by atoms with van der Waals surface area (Å²) in [7, 11) is 0. The van der Waals surface area contributed by atoms with Crippen LogP contribution >= 0.6 is 0 Å². The molecule has 1 saturated carbocycles. The minimum Gasteiger partial charge on any atom is -0.269 e. The fourth-order valence-electron chi connectivity index (χ4n) is 2.76. The smallest absolute Gasteiger partial charge is 0.0991 e. The van der Waals surface area contributed by atoms with Gasteiger partial charge in [-0.25, -0.2) is 4.52 Å². The third-order valence-electron chi connectivity index (χ3n) is 4.11. The Labute approximate surface area is 110 Å². The van der Waals surface area contributed by atoms with E-state index in [4.69, 9.17) is 0 Å². The molecule has 0 amide bonds. The van der Waals surface area contributed by atoms with Crippen LogP contribution in [0.2, 0.25) is 0 Å². The third kappa shape index (κ3) is 1.58. The maximum absolute atomic E-state index is 4.50. The summed E-state index contributed by atoms with van der Waals surface area (Å²) in [4.78, 5) is 4.47. The van der Waals surface area contributed by atoms with Gasteiger partial charge in [-0.2, -0.15) is 10.2 Å². The highest BCUT2D eigenvalue weighted by atomic mass is 15.3. The average molecular weight is 253 g/mol. The molecule has 1 aliphatic rings. The first kappa shape index (κ1) is 10.7. The lowest BCUT2D eigenvalue weighted by molar-refractivity contribution is 0.185. The minimum absolute atomic E-state index is 0.554. The molecule has 4 rings (SSSR count). The Balaban J connectivity index is 1.78. The maximum Gasteiger partial charge on any atom is 0.0991 e. The van der Waals surface area contributed by atoms with Crippen LogP contribution < -0.4 is 0 Å². The van der Waals surface area contributed by atoms with Gasteiger partial charge in [0.25, 0.3) is 0 Å². The molecular formula is C14H15N5. The first-order valence-electron chi connectivity index (χ1n) is 6.66. The fraction of sp³-hybridized carbons (Fsp3) is 0.357. The van der Waals surface area contributed by atoms with E-state index in [0.717, 1.165) is 22.7 Å². The van der Waals surface area contributed by atoms with Crippen molar-refractivity contribution in [2.45, 2.75) is 25.8 Å². The van der Waals surface area contributed by atoms with E-state index in [-0.39, 0.29) is 0 Å². The number of hydrogen-bond acceptors (Lipinski definition) is 3. The van der Waals surface area contributed by atoms with Gasteiger partial charge >= 0.3 is 0 Å². The van der Waals surface area contributed by atoms with Gasteiger partial charge in [0.2, 0.25) is 0 Å². The normalized spacial score (nSPS) is 22.6. The van der Waals surface area contributed by atoms with Crippen molar-refractivity contribution in [3.63, 3.8) is 0 Å². The van der Waals surface area contributed by atoms with Gasteiger partial charge in [0, 0.05) is 24.2 Å². The Bertz CT molecular complexity index is 726. The highest BCUT2D eigenvalue weighted by molar-refractivity contribution is 5.75. The molecule has 3 aromatic rings. The van der Waals surface area contributed by atoms with Crippen molar-refractivity contribution >= 4 is 5.52 Å². The SMILES string of the molecule is C[C@H]1CC[C@H]1n1cc(-c2nccn3nccc23)cn1. The Kier molecular flexibility index (Phi) is 2.21. The largest absolute Gasteiger partial charge is 0.269 e. The van der Waals surface area contributed by atoms with E-state index in [0.29, 0.717) is 6.04 Å². The molecule has 0 saturated heterocycles. The van der Waals surface area contributed by atoms with Crippen LogP contribution in [-0.2, 0) is 0 Å². The molecule has 3 aromatic heterocycles. The van der Waals surface area contributed by atoms with E-state index >= 15 is 0 Å². The minimum atomic E-state index is 0.554. The molecule has 3 heterocycles. The molecule has 1 aliphatic carbocycles. The van der Waals surface area contributed by atoms with Crippen LogP contribution in [0, 0.1) is 5.92 Å². The summed E-state index contributed by atoms with van der Waals surface area (Å²) in [6.45, 7) is 2.28. The molecule has 0 N–H and O–H groups in total. The van der Waals surface area contributed by atoms with Gasteiger partial charge in [-0.1, -0.05) is 6.92 Å². The quantitative estimate of drug-likeness (QED) is 0.705. The highest BCUT2D eigenvalue weighted by Gasteiger charge is 2.29. The van der Waals surface area contributed by atoms with Crippen molar-refractivity contribution in [2.75, 3.05) is 0 Å². The third-order valence-corrected chi connectivity index (χ3v) is 4.11. The summed E-state index contributed by atoms with van der Waals surface area (Å²) in [5.41, 5.74) is 3.02. The lowest BCUT2D eigenvalue weighted by atomic mass is 9.81. The lowest BCUT2D eigenvalue weighted by Crippen LogP contribution is -2.26. The zero-order valence-electron chi connectivity index (χ0n) is 10.8. The summed E-state index contributed by atoms with van der Waals surface area (Å²) in [6.07, 6.45) is 12.0. The Morgan fingerprint density at radius 3 is 2.95 bits per heavy atom. The number of fused-ring (bicyclic) bond motifs is 1. The van der Waals surface area contributed by atoms with Gasteiger partial charge in [0.05, 0.1) is 29.6 Å². The van der Waals surface area contributed by atoms with Crippen molar-refractivity contribution in [1.82, 2.24) is 24.4 Å². The highest BCUT2D eigenvalue weighted by Crippen LogP contribution is 2.38. The molecule has 19 heavy (non-hydrogen) atoms. The van der Waals surface area contributed by atoms with E-state index < -0.39 is 0 Å². The van der Waals surface area contributed by atoms with Crippen LogP contribution in [0.5, 0.6) is 0 Å². The fourth-order valence-corrected chi connectivity index (χ4v) is 2.76. The molecule has 5 heteroatoms. The topological polar surface area (TPSA) is 48.0 Å². The van der Waals surface area contributed by atoms with E-state index in [1.807, 2.05) is 23.0 Å². The van der Waals surface area contributed by atoms with Crippen LogP contribution in [0.25, 0.3) is 16.8 Å². The second-order valence-corrected chi connectivity index (χ2v) is 5.27. The summed E-state index contributed by atoms with van der Waals surface area (Å²) >= 11 is 0. The van der Waals surface area contributed by atoms with Crippen molar-refractivity contribution in [3.05, 3.63) is 37.1 Å². The van der Waals surface area contributed by atoms with Gasteiger partial charge in [-0.15, -0.1) is 0 Å². The van der Waals surface area contributed by atoms with Crippen molar-refractivity contribution in [2.24, 2.45) is 5.92 Å². The summed E-state index contributed by atoms with van der Waals surface area (Å²) in [5.74, 6) is 0.728. The number of nitrogens with zero attached hydrogens (tertiary/aromatic N) is 5. The average Bonchev–Trinajstić information content (AvgIpc) is 3.05. The molecular weight excluding hydrogens is 238 g/mol. The van der Waals surface area contributed by atoms with Crippen LogP contribution in [0.1, 0.15) is 25.8 Å². The van der Waals surface area contributed by atoms with Gasteiger partial charge in [-0.3, -0.25) is 9.67 Å². The van der Waals surface area contributed by atoms with Crippen LogP contribution in [0.3, 0.4) is 0 Å². The van der Waals surface area contributed by atoms with Crippen LogP contribution in [0.4, 0.5) is 0 Å². The van der Waals surface area contributed by atoms with Gasteiger partial charge in [0.15, 0.2) is 0 Å². The second-order valence-electron chi connectivity index (χ2n) is 5.27. The first-order chi connectivity index (χ1) is 9.33. The molecule has 5 nitrogen and oxygen atoms in total. The predicted molar refractivity (Wildman–Crippen MR) is 71.6 cm³/mol. The van der Waals surface area contributed by atoms with Gasteiger partial charge < -0.3 is 0 Å². The zero-order chi connectivity index (χ0) is 12.8. The van der Waals surface area contributed by atoms with Crippen molar-refractivity contribution in [1.29, 1.82) is 0 Å². The molecule has 0 aliphatic heterocycles. The summed E-state index contributed by atoms with van der Waals surface area (Å²) in [6, 6.07) is 2.53. The molecule has 96 valence electrons. The Morgan fingerprint density at radius 1 is 1.21 bits per heavy atom. The molecule has 2 atom stereocenters. The lowest BCUT2D eigenvalue weighted by Gasteiger charge is -2.33. The number of rotatable bonds is 2. The number of hydrogen-bond donors (Lipinski definition) is 0. The summed E-state index contributed by atoms with van der Waals surface area (Å²) < 4.78 is 3.93. The predicted octanol–water partition coefficient (Wildman–Crippen LogP) is 2.56. The Hall–Kier alpha value is -2.17. The van der Waals surface area contributed by atoms with E-state index in [2.05, 4.69) is 33.0 Å². The maximum atomic E-state index is 4.50. The van der Waals surface area contributed by atoms with E-state index in [1.165, 1.54) is 12.8 Å². The van der Waals surface area contributed by atoms with Crippen molar-refractivity contribution < 1.29 is 0 Å². The Morgan fingerprint density at radius 2 is 2.16 bits per heavy atom. The first-order valence-corrected chi connectivity index (χ1v) is 6.66. The molecule has 0 radical (unpaired) electrons.